The molecule has 1 aromatic carbocycles. The van der Waals surface area contributed by atoms with Gasteiger partial charge in [-0.2, -0.15) is 11.8 Å². The number of amides is 1. The Morgan fingerprint density at radius 1 is 1.47 bits per heavy atom. The molecular weight excluding hydrogens is 232 g/mol. The number of nitrogens with one attached hydrogen (secondary N) is 2. The highest BCUT2D eigenvalue weighted by Gasteiger charge is 2.19. The van der Waals surface area contributed by atoms with Gasteiger partial charge in [-0.1, -0.05) is 11.6 Å². The Kier molecular flexibility index (Phi) is 3.94. The molecule has 1 aliphatic rings. The molecule has 1 aliphatic heterocycles. The summed E-state index contributed by atoms with van der Waals surface area (Å²) in [4.78, 5) is 12.2. The lowest BCUT2D eigenvalue weighted by molar-refractivity contribution is 0.0942. The number of thioether (sulfide) groups is 1. The Labute approximate surface area is 106 Å². The van der Waals surface area contributed by atoms with Crippen LogP contribution in [0.1, 0.15) is 22.3 Å². The van der Waals surface area contributed by atoms with Crippen LogP contribution in [-0.2, 0) is 0 Å². The monoisotopic (exact) mass is 250 g/mol. The molecule has 4 heteroatoms. The smallest absolute Gasteiger partial charge is 0.253 e. The van der Waals surface area contributed by atoms with Gasteiger partial charge in [0.05, 0.1) is 5.56 Å². The summed E-state index contributed by atoms with van der Waals surface area (Å²) in [6.07, 6.45) is 1.08. The molecule has 1 unspecified atom stereocenters. The van der Waals surface area contributed by atoms with Crippen molar-refractivity contribution in [2.45, 2.75) is 19.4 Å². The first-order valence-electron chi connectivity index (χ1n) is 5.87. The van der Waals surface area contributed by atoms with Crippen LogP contribution in [0.5, 0.6) is 0 Å². The molecule has 1 heterocycles. The van der Waals surface area contributed by atoms with E-state index >= 15 is 0 Å². The van der Waals surface area contributed by atoms with E-state index in [4.69, 9.17) is 0 Å². The highest BCUT2D eigenvalue weighted by molar-refractivity contribution is 7.99. The van der Waals surface area contributed by atoms with Gasteiger partial charge in [0, 0.05) is 24.5 Å². The predicted molar refractivity (Wildman–Crippen MR) is 73.9 cm³/mol. The Morgan fingerprint density at radius 2 is 2.29 bits per heavy atom. The molecule has 17 heavy (non-hydrogen) atoms. The topological polar surface area (TPSA) is 41.1 Å². The number of aryl methyl sites for hydroxylation is 1. The van der Waals surface area contributed by atoms with E-state index in [-0.39, 0.29) is 5.91 Å². The second-order valence-corrected chi connectivity index (χ2v) is 5.48. The number of hydrogen-bond acceptors (Lipinski definition) is 3. The molecule has 92 valence electrons. The van der Waals surface area contributed by atoms with Gasteiger partial charge in [-0.25, -0.2) is 0 Å². The molecule has 2 rings (SSSR count). The summed E-state index contributed by atoms with van der Waals surface area (Å²) in [5.74, 6) is 2.22. The van der Waals surface area contributed by atoms with Gasteiger partial charge in [-0.3, -0.25) is 4.79 Å². The molecule has 1 amide bonds. The summed E-state index contributed by atoms with van der Waals surface area (Å²) < 4.78 is 0. The maximum atomic E-state index is 12.2. The molecule has 1 atom stereocenters. The van der Waals surface area contributed by atoms with Crippen LogP contribution in [0.25, 0.3) is 0 Å². The molecule has 0 aliphatic carbocycles. The van der Waals surface area contributed by atoms with Gasteiger partial charge in [-0.05, 0) is 31.2 Å². The minimum Gasteiger partial charge on any atom is -0.387 e. The molecule has 1 fully saturated rings. The van der Waals surface area contributed by atoms with E-state index in [1.54, 1.807) is 0 Å². The number of hydrogen-bond donors (Lipinski definition) is 2. The maximum Gasteiger partial charge on any atom is 0.253 e. The van der Waals surface area contributed by atoms with Crippen molar-refractivity contribution in [1.29, 1.82) is 0 Å². The molecule has 0 spiro atoms. The van der Waals surface area contributed by atoms with Crippen LogP contribution in [0.3, 0.4) is 0 Å². The predicted octanol–water partition coefficient (Wildman–Crippen LogP) is 2.27. The quantitative estimate of drug-likeness (QED) is 0.864. The molecule has 0 saturated carbocycles. The molecule has 0 aromatic heterocycles. The largest absolute Gasteiger partial charge is 0.387 e. The molecule has 2 N–H and O–H groups in total. The first-order valence-corrected chi connectivity index (χ1v) is 7.03. The zero-order valence-electron chi connectivity index (χ0n) is 10.2. The van der Waals surface area contributed by atoms with Gasteiger partial charge >= 0.3 is 0 Å². The van der Waals surface area contributed by atoms with Gasteiger partial charge in [0.15, 0.2) is 0 Å². The van der Waals surface area contributed by atoms with Crippen molar-refractivity contribution in [2.75, 3.05) is 23.9 Å². The fourth-order valence-corrected chi connectivity index (χ4v) is 3.13. The van der Waals surface area contributed by atoms with E-state index in [0.29, 0.717) is 6.04 Å². The van der Waals surface area contributed by atoms with E-state index < -0.39 is 0 Å². The van der Waals surface area contributed by atoms with E-state index in [1.807, 2.05) is 43.9 Å². The van der Waals surface area contributed by atoms with Crippen LogP contribution >= 0.6 is 11.8 Å². The minimum absolute atomic E-state index is 0.0329. The Morgan fingerprint density at radius 3 is 2.94 bits per heavy atom. The zero-order valence-corrected chi connectivity index (χ0v) is 11.1. The van der Waals surface area contributed by atoms with Crippen LogP contribution in [0.4, 0.5) is 5.69 Å². The second-order valence-electron chi connectivity index (χ2n) is 4.33. The summed E-state index contributed by atoms with van der Waals surface area (Å²) in [5.41, 5.74) is 2.73. The van der Waals surface area contributed by atoms with Crippen molar-refractivity contribution < 1.29 is 4.79 Å². The van der Waals surface area contributed by atoms with Crippen LogP contribution in [0, 0.1) is 6.92 Å². The summed E-state index contributed by atoms with van der Waals surface area (Å²) in [6.45, 7) is 2.00. The van der Waals surface area contributed by atoms with Crippen LogP contribution in [0.15, 0.2) is 18.2 Å². The third-order valence-electron chi connectivity index (χ3n) is 2.95. The van der Waals surface area contributed by atoms with Crippen LogP contribution < -0.4 is 10.6 Å². The van der Waals surface area contributed by atoms with Crippen molar-refractivity contribution >= 4 is 23.4 Å². The second kappa shape index (κ2) is 5.45. The lowest BCUT2D eigenvalue weighted by atomic mass is 10.1. The highest BCUT2D eigenvalue weighted by atomic mass is 32.2. The number of benzene rings is 1. The number of rotatable bonds is 3. The normalized spacial score (nSPS) is 19.1. The zero-order chi connectivity index (χ0) is 12.3. The van der Waals surface area contributed by atoms with E-state index in [9.17, 15) is 4.79 Å². The Balaban J connectivity index is 2.14. The van der Waals surface area contributed by atoms with E-state index in [0.717, 1.165) is 34.7 Å². The molecule has 0 bridgehead atoms. The number of carbonyl (C=O) groups excluding carboxylic acids is 1. The fraction of sp³-hybridized carbons (Fsp3) is 0.462. The number of anilines is 1. The van der Waals surface area contributed by atoms with Gasteiger partial charge in [-0.15, -0.1) is 0 Å². The van der Waals surface area contributed by atoms with Crippen molar-refractivity contribution in [1.82, 2.24) is 5.32 Å². The van der Waals surface area contributed by atoms with Gasteiger partial charge in [0.1, 0.15) is 0 Å². The average molecular weight is 250 g/mol. The molecular formula is C13H18N2OS. The first kappa shape index (κ1) is 12.3. The third kappa shape index (κ3) is 2.94. The first-order chi connectivity index (χ1) is 8.20. The van der Waals surface area contributed by atoms with Gasteiger partial charge in [0.2, 0.25) is 0 Å². The van der Waals surface area contributed by atoms with Crippen molar-refractivity contribution in [3.05, 3.63) is 29.3 Å². The molecule has 1 aromatic rings. The SMILES string of the molecule is CNc1ccc(C)cc1C(=O)NC1CCSC1. The molecule has 0 radical (unpaired) electrons. The number of carbonyl (C=O) groups is 1. The summed E-state index contributed by atoms with van der Waals surface area (Å²) >= 11 is 1.90. The lowest BCUT2D eigenvalue weighted by Gasteiger charge is -2.14. The maximum absolute atomic E-state index is 12.2. The van der Waals surface area contributed by atoms with Crippen molar-refractivity contribution in [3.63, 3.8) is 0 Å². The van der Waals surface area contributed by atoms with Crippen molar-refractivity contribution in [2.24, 2.45) is 0 Å². The summed E-state index contributed by atoms with van der Waals surface area (Å²) in [6, 6.07) is 6.23. The fourth-order valence-electron chi connectivity index (χ4n) is 1.98. The van der Waals surface area contributed by atoms with E-state index in [2.05, 4.69) is 10.6 Å². The van der Waals surface area contributed by atoms with Crippen molar-refractivity contribution in [3.8, 4) is 0 Å². The summed E-state index contributed by atoms with van der Waals surface area (Å²) in [7, 11) is 1.84. The lowest BCUT2D eigenvalue weighted by Crippen LogP contribution is -2.35. The van der Waals surface area contributed by atoms with Crippen LogP contribution in [0.2, 0.25) is 0 Å². The summed E-state index contributed by atoms with van der Waals surface area (Å²) in [5, 5.41) is 6.16. The van der Waals surface area contributed by atoms with Gasteiger partial charge < -0.3 is 10.6 Å². The average Bonchev–Trinajstić information content (AvgIpc) is 2.81. The van der Waals surface area contributed by atoms with Gasteiger partial charge in [0.25, 0.3) is 5.91 Å². The third-order valence-corrected chi connectivity index (χ3v) is 4.12. The van der Waals surface area contributed by atoms with E-state index in [1.165, 1.54) is 0 Å². The minimum atomic E-state index is 0.0329. The Hall–Kier alpha value is -1.16. The van der Waals surface area contributed by atoms with Crippen LogP contribution in [-0.4, -0.2) is 30.5 Å². The molecule has 3 nitrogen and oxygen atoms in total. The standard InChI is InChI=1S/C13H18N2OS/c1-9-3-4-12(14-2)11(7-9)13(16)15-10-5-6-17-8-10/h3-4,7,10,14H,5-6,8H2,1-2H3,(H,15,16). The molecule has 1 saturated heterocycles. The highest BCUT2D eigenvalue weighted by Crippen LogP contribution is 2.20. The Bertz CT molecular complexity index is 414.